The van der Waals surface area contributed by atoms with E-state index in [1.807, 2.05) is 20.0 Å². The van der Waals surface area contributed by atoms with Crippen molar-refractivity contribution < 1.29 is 29.0 Å². The van der Waals surface area contributed by atoms with Crippen molar-refractivity contribution >= 4 is 13.0 Å². The highest BCUT2D eigenvalue weighted by atomic mass is 16.6. The molecule has 138 valence electrons. The number of hydrogen-bond acceptors (Lipinski definition) is 7. The highest BCUT2D eigenvalue weighted by Crippen LogP contribution is 2.39. The minimum absolute atomic E-state index is 0.0133. The number of benzene rings is 1. The SMILES string of the molecule is CC(C)n1cc(COc2ccc3c(c2C(=O)[NH+](C)[O-])OB(O)CO3)cn1. The third-order valence-electron chi connectivity index (χ3n) is 3.84. The van der Waals surface area contributed by atoms with Gasteiger partial charge in [0.2, 0.25) is 0 Å². The molecule has 0 saturated heterocycles. The van der Waals surface area contributed by atoms with Crippen LogP contribution < -0.4 is 19.2 Å². The molecule has 0 fully saturated rings. The predicted octanol–water partition coefficient (Wildman–Crippen LogP) is -0.0134. The van der Waals surface area contributed by atoms with E-state index in [0.717, 1.165) is 12.6 Å². The Balaban J connectivity index is 1.90. The fourth-order valence-electron chi connectivity index (χ4n) is 2.51. The summed E-state index contributed by atoms with van der Waals surface area (Å²) in [5, 5.41) is 24.9. The van der Waals surface area contributed by atoms with Gasteiger partial charge in [-0.3, -0.25) is 4.68 Å². The van der Waals surface area contributed by atoms with Gasteiger partial charge < -0.3 is 29.4 Å². The molecule has 3 rings (SSSR count). The summed E-state index contributed by atoms with van der Waals surface area (Å²) in [6.45, 7) is 4.11. The molecule has 1 aliphatic rings. The highest BCUT2D eigenvalue weighted by molar-refractivity contribution is 6.44. The largest absolute Gasteiger partial charge is 0.627 e. The van der Waals surface area contributed by atoms with Crippen LogP contribution in [-0.4, -0.2) is 41.4 Å². The molecule has 1 aliphatic heterocycles. The number of amides is 1. The van der Waals surface area contributed by atoms with Gasteiger partial charge in [0, 0.05) is 17.8 Å². The first-order valence-corrected chi connectivity index (χ1v) is 8.22. The molecular weight excluding hydrogens is 341 g/mol. The second kappa shape index (κ2) is 7.36. The highest BCUT2D eigenvalue weighted by Gasteiger charge is 2.33. The number of nitrogens with zero attached hydrogens (tertiary/aromatic N) is 2. The van der Waals surface area contributed by atoms with Gasteiger partial charge in [0.25, 0.3) is 0 Å². The van der Waals surface area contributed by atoms with E-state index in [0.29, 0.717) is 0 Å². The minimum Gasteiger partial charge on any atom is -0.627 e. The Kier molecular flexibility index (Phi) is 5.17. The average Bonchev–Trinajstić information content (AvgIpc) is 3.08. The number of hydroxylamine groups is 2. The van der Waals surface area contributed by atoms with Gasteiger partial charge in [-0.15, -0.1) is 0 Å². The third kappa shape index (κ3) is 3.67. The zero-order valence-electron chi connectivity index (χ0n) is 14.8. The van der Waals surface area contributed by atoms with Crippen molar-refractivity contribution in [2.24, 2.45) is 0 Å². The van der Waals surface area contributed by atoms with Crippen LogP contribution in [0, 0.1) is 5.21 Å². The van der Waals surface area contributed by atoms with Gasteiger partial charge in [0.15, 0.2) is 17.1 Å². The topological polar surface area (TPSA) is 110 Å². The number of quaternary nitrogens is 1. The first-order valence-electron chi connectivity index (χ1n) is 8.22. The van der Waals surface area contributed by atoms with Crippen molar-refractivity contribution in [3.05, 3.63) is 40.9 Å². The summed E-state index contributed by atoms with van der Waals surface area (Å²) in [5.74, 6) is -0.300. The van der Waals surface area contributed by atoms with E-state index in [1.54, 1.807) is 23.0 Å². The predicted molar refractivity (Wildman–Crippen MR) is 92.1 cm³/mol. The fourth-order valence-corrected chi connectivity index (χ4v) is 2.51. The Morgan fingerprint density at radius 1 is 1.54 bits per heavy atom. The van der Waals surface area contributed by atoms with Crippen LogP contribution in [-0.2, 0) is 6.61 Å². The Morgan fingerprint density at radius 3 is 2.96 bits per heavy atom. The van der Waals surface area contributed by atoms with Crippen LogP contribution in [0.5, 0.6) is 17.2 Å². The van der Waals surface area contributed by atoms with Crippen LogP contribution in [0.1, 0.15) is 35.8 Å². The lowest BCUT2D eigenvalue weighted by atomic mass is 9.91. The Bertz CT molecular complexity index is 807. The van der Waals surface area contributed by atoms with E-state index in [4.69, 9.17) is 14.1 Å². The molecular formula is C16H20BN3O6. The molecule has 0 bridgehead atoms. The third-order valence-corrected chi connectivity index (χ3v) is 3.84. The summed E-state index contributed by atoms with van der Waals surface area (Å²) in [6.07, 6.45) is 3.52. The maximum atomic E-state index is 12.4. The van der Waals surface area contributed by atoms with Crippen molar-refractivity contribution in [2.45, 2.75) is 26.5 Å². The Hall–Kier alpha value is -2.56. The number of carbonyl (C=O) groups excluding carboxylic acids is 1. The van der Waals surface area contributed by atoms with Crippen molar-refractivity contribution in [3.63, 3.8) is 0 Å². The lowest BCUT2D eigenvalue weighted by Gasteiger charge is -2.25. The molecule has 0 saturated carbocycles. The summed E-state index contributed by atoms with van der Waals surface area (Å²) < 4.78 is 18.2. The standard InChI is InChI=1S/C16H20BN3O6/c1-10(2)20-7-11(6-18-20)8-24-12-4-5-13-15(26-17(22)9-25-13)14(12)16(21)19(3)23/h4-7,10,19,22H,8-9H2,1-3H3. The second-order valence-corrected chi connectivity index (χ2v) is 6.25. The lowest BCUT2D eigenvalue weighted by Crippen LogP contribution is -3.06. The van der Waals surface area contributed by atoms with Gasteiger partial charge in [-0.25, -0.2) is 4.79 Å². The van der Waals surface area contributed by atoms with Gasteiger partial charge in [0.05, 0.1) is 13.2 Å². The van der Waals surface area contributed by atoms with E-state index < -0.39 is 18.1 Å². The second-order valence-electron chi connectivity index (χ2n) is 6.25. The molecule has 0 radical (unpaired) electrons. The minimum atomic E-state index is -1.22. The number of hydrogen-bond donors (Lipinski definition) is 2. The molecule has 1 amide bonds. The van der Waals surface area contributed by atoms with Crippen LogP contribution in [0.2, 0.25) is 0 Å². The number of carbonyl (C=O) groups is 1. The average molecular weight is 361 g/mol. The van der Waals surface area contributed by atoms with Gasteiger partial charge in [-0.1, -0.05) is 0 Å². The van der Waals surface area contributed by atoms with E-state index in [-0.39, 0.29) is 42.0 Å². The van der Waals surface area contributed by atoms with Crippen LogP contribution >= 0.6 is 0 Å². The van der Waals surface area contributed by atoms with E-state index in [2.05, 4.69) is 5.10 Å². The number of fused-ring (bicyclic) bond motifs is 1. The number of rotatable bonds is 5. The van der Waals surface area contributed by atoms with Gasteiger partial charge in [-0.05, 0) is 26.0 Å². The molecule has 0 spiro atoms. The zero-order chi connectivity index (χ0) is 18.8. The molecule has 2 N–H and O–H groups in total. The fraction of sp³-hybridized carbons (Fsp3) is 0.375. The quantitative estimate of drug-likeness (QED) is 0.569. The smallest absolute Gasteiger partial charge is 0.563 e. The summed E-state index contributed by atoms with van der Waals surface area (Å²) in [4.78, 5) is 12.4. The van der Waals surface area contributed by atoms with E-state index >= 15 is 0 Å². The molecule has 2 heterocycles. The molecule has 9 nitrogen and oxygen atoms in total. The summed E-state index contributed by atoms with van der Waals surface area (Å²) in [5.41, 5.74) is 0.764. The number of ether oxygens (including phenoxy) is 2. The zero-order valence-corrected chi connectivity index (χ0v) is 14.8. The summed E-state index contributed by atoms with van der Waals surface area (Å²) in [7, 11) is -0.0568. The van der Waals surface area contributed by atoms with Gasteiger partial charge >= 0.3 is 13.0 Å². The van der Waals surface area contributed by atoms with Crippen molar-refractivity contribution in [2.75, 3.05) is 13.6 Å². The van der Waals surface area contributed by atoms with E-state index in [1.165, 1.54) is 0 Å². The maximum Gasteiger partial charge on any atom is 0.563 e. The molecule has 1 atom stereocenters. The van der Waals surface area contributed by atoms with Crippen LogP contribution in [0.15, 0.2) is 24.5 Å². The van der Waals surface area contributed by atoms with Crippen LogP contribution in [0.4, 0.5) is 0 Å². The number of aromatic nitrogens is 2. The molecule has 2 aromatic rings. The van der Waals surface area contributed by atoms with Gasteiger partial charge in [-0.2, -0.15) is 5.10 Å². The van der Waals surface area contributed by atoms with Crippen molar-refractivity contribution in [1.82, 2.24) is 9.78 Å². The molecule has 1 unspecified atom stereocenters. The molecule has 10 heteroatoms. The molecule has 1 aromatic carbocycles. The maximum absolute atomic E-state index is 12.4. The lowest BCUT2D eigenvalue weighted by molar-refractivity contribution is -0.732. The molecule has 1 aromatic heterocycles. The molecule has 26 heavy (non-hydrogen) atoms. The summed E-state index contributed by atoms with van der Waals surface area (Å²) in [6, 6.07) is 3.34. The van der Waals surface area contributed by atoms with Crippen LogP contribution in [0.3, 0.4) is 0 Å². The normalized spacial score (nSPS) is 14.5. The van der Waals surface area contributed by atoms with Crippen molar-refractivity contribution in [1.29, 1.82) is 0 Å². The molecule has 0 aliphatic carbocycles. The first kappa shape index (κ1) is 18.2. The summed E-state index contributed by atoms with van der Waals surface area (Å²) >= 11 is 0. The van der Waals surface area contributed by atoms with E-state index in [9.17, 15) is 15.0 Å². The first-order chi connectivity index (χ1) is 12.4. The van der Waals surface area contributed by atoms with Gasteiger partial charge in [0.1, 0.15) is 18.9 Å². The Labute approximate surface area is 150 Å². The van der Waals surface area contributed by atoms with Crippen LogP contribution in [0.25, 0.3) is 0 Å². The number of nitrogens with one attached hydrogen (secondary N) is 1. The monoisotopic (exact) mass is 361 g/mol. The Morgan fingerprint density at radius 2 is 2.31 bits per heavy atom. The van der Waals surface area contributed by atoms with Crippen molar-refractivity contribution in [3.8, 4) is 17.2 Å².